The zero-order valence-corrected chi connectivity index (χ0v) is 54.7. The maximum absolute atomic E-state index is 12.8. The molecule has 0 aliphatic rings. The van der Waals surface area contributed by atoms with Gasteiger partial charge in [-0.3, -0.25) is 14.2 Å². The molecule has 10 heteroatoms. The number of carbonyl (C=O) groups is 2. The molecule has 80 heavy (non-hydrogen) atoms. The number of ether oxygens (including phenoxy) is 2. The van der Waals surface area contributed by atoms with Gasteiger partial charge < -0.3 is 27.9 Å². The molecule has 0 bridgehead atoms. The number of quaternary nitrogens is 1. The van der Waals surface area contributed by atoms with E-state index < -0.39 is 26.5 Å². The summed E-state index contributed by atoms with van der Waals surface area (Å²) in [6.07, 6.45) is 78.0. The number of hydrogen-bond donors (Lipinski definition) is 0. The van der Waals surface area contributed by atoms with Crippen LogP contribution in [0.5, 0.6) is 0 Å². The van der Waals surface area contributed by atoms with E-state index in [1.165, 1.54) is 270 Å². The first kappa shape index (κ1) is 78.2. The first-order valence-corrected chi connectivity index (χ1v) is 36.2. The lowest BCUT2D eigenvalue weighted by atomic mass is 10.0. The van der Waals surface area contributed by atoms with E-state index in [2.05, 4.69) is 50.3 Å². The number of hydrogen-bond acceptors (Lipinski definition) is 8. The van der Waals surface area contributed by atoms with Gasteiger partial charge in [0.05, 0.1) is 27.7 Å². The van der Waals surface area contributed by atoms with Gasteiger partial charge in [0.2, 0.25) is 0 Å². The number of unbranched alkanes of at least 4 members (excludes halogenated alkanes) is 45. The van der Waals surface area contributed by atoms with Crippen LogP contribution in [-0.4, -0.2) is 70.0 Å². The summed E-state index contributed by atoms with van der Waals surface area (Å²) >= 11 is 0. The van der Waals surface area contributed by atoms with Gasteiger partial charge in [0, 0.05) is 12.8 Å². The average Bonchev–Trinajstić information content (AvgIpc) is 3.42. The minimum Gasteiger partial charge on any atom is -0.756 e. The number of esters is 2. The summed E-state index contributed by atoms with van der Waals surface area (Å²) in [5.74, 6) is -0.811. The highest BCUT2D eigenvalue weighted by Crippen LogP contribution is 2.38. The van der Waals surface area contributed by atoms with Crippen molar-refractivity contribution in [3.8, 4) is 0 Å². The van der Waals surface area contributed by atoms with Crippen molar-refractivity contribution in [2.75, 3.05) is 47.5 Å². The van der Waals surface area contributed by atoms with E-state index in [0.717, 1.165) is 44.9 Å². The largest absolute Gasteiger partial charge is 0.756 e. The molecule has 472 valence electrons. The van der Waals surface area contributed by atoms with Gasteiger partial charge in [0.25, 0.3) is 7.82 Å². The topological polar surface area (TPSA) is 111 Å². The number of phosphoric acid groups is 1. The SMILES string of the molecule is CCCCCCC/C=C\C/C=C\C/C=C\CCCCCCCCCCCCCCCCCCCCCCCCC(=O)OC(COC(=O)CCCCCCCCCCCCCCCCCCCCC)COP(=O)([O-])OCC[N+](C)(C)C. The van der Waals surface area contributed by atoms with Gasteiger partial charge in [-0.1, -0.05) is 320 Å². The maximum Gasteiger partial charge on any atom is 0.306 e. The monoisotopic (exact) mass is 1150 g/mol. The first-order valence-electron chi connectivity index (χ1n) is 34.7. The molecule has 0 amide bonds. The lowest BCUT2D eigenvalue weighted by Gasteiger charge is -2.28. The Morgan fingerprint density at radius 2 is 0.675 bits per heavy atom. The van der Waals surface area contributed by atoms with E-state index in [4.69, 9.17) is 18.5 Å². The van der Waals surface area contributed by atoms with Crippen LogP contribution < -0.4 is 4.89 Å². The van der Waals surface area contributed by atoms with E-state index in [1.807, 2.05) is 21.1 Å². The molecule has 0 N–H and O–H groups in total. The molecule has 0 fully saturated rings. The van der Waals surface area contributed by atoms with Crippen LogP contribution >= 0.6 is 7.82 Å². The Morgan fingerprint density at radius 1 is 0.388 bits per heavy atom. The zero-order valence-electron chi connectivity index (χ0n) is 53.8. The van der Waals surface area contributed by atoms with Crippen LogP contribution in [0.4, 0.5) is 0 Å². The van der Waals surface area contributed by atoms with E-state index in [1.54, 1.807) is 0 Å². The molecule has 0 aliphatic heterocycles. The molecular weight excluding hydrogens is 1010 g/mol. The molecule has 0 radical (unpaired) electrons. The Balaban J connectivity index is 3.94. The summed E-state index contributed by atoms with van der Waals surface area (Å²) in [5, 5.41) is 0. The molecule has 0 spiro atoms. The van der Waals surface area contributed by atoms with Gasteiger partial charge in [-0.2, -0.15) is 0 Å². The number of carbonyl (C=O) groups excluding carboxylic acids is 2. The van der Waals surface area contributed by atoms with E-state index >= 15 is 0 Å². The smallest absolute Gasteiger partial charge is 0.306 e. The fourth-order valence-electron chi connectivity index (χ4n) is 10.3. The molecule has 0 aromatic carbocycles. The molecule has 0 heterocycles. The summed E-state index contributed by atoms with van der Waals surface area (Å²) in [6.45, 7) is 4.29. The molecule has 0 saturated carbocycles. The van der Waals surface area contributed by atoms with Crippen LogP contribution in [0.1, 0.15) is 348 Å². The Morgan fingerprint density at radius 3 is 1.00 bits per heavy atom. The third kappa shape index (κ3) is 65.4. The Bertz CT molecular complexity index is 1440. The number of nitrogens with zero attached hydrogens (tertiary/aromatic N) is 1. The van der Waals surface area contributed by atoms with Gasteiger partial charge in [-0.25, -0.2) is 0 Å². The van der Waals surface area contributed by atoms with E-state index in [0.29, 0.717) is 17.4 Å². The van der Waals surface area contributed by atoms with Crippen LogP contribution in [-0.2, 0) is 32.7 Å². The molecular formula is C70H134NO8P. The standard InChI is InChI=1S/C70H134NO8P/c1-6-8-10-12-14-16-18-20-22-24-26-27-28-29-30-31-32-33-34-35-36-37-38-39-40-41-42-43-45-47-49-51-53-55-57-59-61-63-70(73)79-68(67-78-80(74,75)77-65-64-71(3,4)5)66-76-69(72)62-60-58-56-54-52-50-48-46-44-25-23-21-19-17-15-13-11-9-7-2/h18,20,24,26,28-29,68H,6-17,19,21-23,25,27,30-67H2,1-5H3/b20-18-,26-24-,29-28-. The van der Waals surface area contributed by atoms with E-state index in [-0.39, 0.29) is 32.0 Å². The van der Waals surface area contributed by atoms with Crippen molar-refractivity contribution >= 4 is 19.8 Å². The van der Waals surface area contributed by atoms with Gasteiger partial charge >= 0.3 is 11.9 Å². The summed E-state index contributed by atoms with van der Waals surface area (Å²) in [7, 11) is 1.19. The van der Waals surface area contributed by atoms with Crippen molar-refractivity contribution in [2.24, 2.45) is 0 Å². The van der Waals surface area contributed by atoms with Crippen molar-refractivity contribution in [3.05, 3.63) is 36.5 Å². The third-order valence-corrected chi connectivity index (χ3v) is 16.6. The summed E-state index contributed by atoms with van der Waals surface area (Å²) in [4.78, 5) is 38.0. The fourth-order valence-corrected chi connectivity index (χ4v) is 11.0. The molecule has 2 unspecified atom stereocenters. The molecule has 0 aliphatic carbocycles. The molecule has 2 atom stereocenters. The van der Waals surface area contributed by atoms with Crippen molar-refractivity contribution < 1.29 is 42.1 Å². The second-order valence-corrected chi connectivity index (χ2v) is 26.3. The quantitative estimate of drug-likeness (QED) is 0.0195. The predicted molar refractivity (Wildman–Crippen MR) is 342 cm³/mol. The molecule has 0 rings (SSSR count). The summed E-state index contributed by atoms with van der Waals surface area (Å²) in [6, 6.07) is 0. The van der Waals surface area contributed by atoms with E-state index in [9.17, 15) is 19.0 Å². The van der Waals surface area contributed by atoms with Gasteiger partial charge in [0.1, 0.15) is 19.8 Å². The highest BCUT2D eigenvalue weighted by Gasteiger charge is 2.22. The Kier molecular flexibility index (Phi) is 60.4. The van der Waals surface area contributed by atoms with Crippen molar-refractivity contribution in [2.45, 2.75) is 354 Å². The predicted octanol–water partition coefficient (Wildman–Crippen LogP) is 21.6. The zero-order chi connectivity index (χ0) is 58.4. The van der Waals surface area contributed by atoms with Crippen LogP contribution in [0, 0.1) is 0 Å². The van der Waals surface area contributed by atoms with Crippen LogP contribution in [0.3, 0.4) is 0 Å². The summed E-state index contributed by atoms with van der Waals surface area (Å²) < 4.78 is 34.3. The van der Waals surface area contributed by atoms with Gasteiger partial charge in [0.15, 0.2) is 6.10 Å². The fraction of sp³-hybridized carbons (Fsp3) is 0.886. The number of likely N-dealkylation sites (N-methyl/N-ethyl adjacent to an activating group) is 1. The van der Waals surface area contributed by atoms with Gasteiger partial charge in [-0.05, 0) is 51.4 Å². The molecule has 0 aromatic heterocycles. The first-order chi connectivity index (χ1) is 39.0. The highest BCUT2D eigenvalue weighted by atomic mass is 31.2. The van der Waals surface area contributed by atoms with Crippen molar-refractivity contribution in [3.63, 3.8) is 0 Å². The Labute approximate surface area is 497 Å². The maximum atomic E-state index is 12.8. The number of allylic oxidation sites excluding steroid dienone is 6. The van der Waals surface area contributed by atoms with Gasteiger partial charge in [-0.15, -0.1) is 0 Å². The third-order valence-electron chi connectivity index (χ3n) is 15.7. The second-order valence-electron chi connectivity index (χ2n) is 24.9. The van der Waals surface area contributed by atoms with Crippen LogP contribution in [0.2, 0.25) is 0 Å². The van der Waals surface area contributed by atoms with Crippen LogP contribution in [0.25, 0.3) is 0 Å². The molecule has 9 nitrogen and oxygen atoms in total. The average molecular weight is 1150 g/mol. The van der Waals surface area contributed by atoms with Crippen molar-refractivity contribution in [1.82, 2.24) is 0 Å². The van der Waals surface area contributed by atoms with Crippen molar-refractivity contribution in [1.29, 1.82) is 0 Å². The highest BCUT2D eigenvalue weighted by molar-refractivity contribution is 7.45. The Hall–Kier alpha value is -1.77. The number of rotatable bonds is 65. The molecule has 0 aromatic rings. The minimum absolute atomic E-state index is 0.0272. The summed E-state index contributed by atoms with van der Waals surface area (Å²) in [5.41, 5.74) is 0. The lowest BCUT2D eigenvalue weighted by molar-refractivity contribution is -0.870. The second kappa shape index (κ2) is 61.8. The minimum atomic E-state index is -4.63. The van der Waals surface area contributed by atoms with Crippen LogP contribution in [0.15, 0.2) is 36.5 Å². The number of phosphoric ester groups is 1. The normalized spacial score (nSPS) is 13.3. The molecule has 0 saturated heterocycles. The lowest BCUT2D eigenvalue weighted by Crippen LogP contribution is -2.37.